The molecule has 0 aromatic carbocycles. The fraction of sp³-hybridized carbons (Fsp3) is 0.231. The van der Waals surface area contributed by atoms with Gasteiger partial charge >= 0.3 is 0 Å². The maximum atomic E-state index is 12.0. The Morgan fingerprint density at radius 1 is 1.35 bits per heavy atom. The molecule has 0 spiro atoms. The van der Waals surface area contributed by atoms with Crippen molar-refractivity contribution in [1.82, 2.24) is 9.71 Å². The second kappa shape index (κ2) is 5.98. The van der Waals surface area contributed by atoms with Crippen LogP contribution in [0.4, 0.5) is 0 Å². The summed E-state index contributed by atoms with van der Waals surface area (Å²) in [5.74, 6) is -0.0301. The molecule has 0 bridgehead atoms. The number of aldehydes is 1. The number of hydrogen-bond acceptors (Lipinski definition) is 5. The largest absolute Gasteiger partial charge is 0.440 e. The van der Waals surface area contributed by atoms with Crippen molar-refractivity contribution in [2.24, 2.45) is 0 Å². The molecule has 2 rings (SSSR count). The topological polar surface area (TPSA) is 89.3 Å². The third-order valence-corrected chi connectivity index (χ3v) is 4.05. The number of carbonyl (C=O) groups is 1. The SMILES string of the molecule is CCc1cccnc1CNS(=O)(=O)c1ccc(C=O)o1. The molecule has 0 aliphatic carbocycles. The number of aromatic nitrogens is 1. The molecule has 0 amide bonds. The van der Waals surface area contributed by atoms with E-state index >= 15 is 0 Å². The standard InChI is InChI=1S/C13H14N2O4S/c1-2-10-4-3-7-14-12(10)8-15-20(17,18)13-6-5-11(9-16)19-13/h3-7,9,15H,2,8H2,1H3. The summed E-state index contributed by atoms with van der Waals surface area (Å²) >= 11 is 0. The van der Waals surface area contributed by atoms with E-state index in [1.165, 1.54) is 12.1 Å². The molecule has 0 aliphatic rings. The van der Waals surface area contributed by atoms with Crippen LogP contribution in [0.1, 0.15) is 28.7 Å². The van der Waals surface area contributed by atoms with Gasteiger partial charge in [0.05, 0.1) is 12.2 Å². The van der Waals surface area contributed by atoms with Crippen molar-refractivity contribution in [3.05, 3.63) is 47.5 Å². The van der Waals surface area contributed by atoms with E-state index in [1.54, 1.807) is 12.3 Å². The predicted octanol–water partition coefficient (Wildman–Crippen LogP) is 1.53. The van der Waals surface area contributed by atoms with Gasteiger partial charge in [-0.2, -0.15) is 0 Å². The minimum Gasteiger partial charge on any atom is -0.440 e. The van der Waals surface area contributed by atoms with Crippen LogP contribution in [0.2, 0.25) is 0 Å². The van der Waals surface area contributed by atoms with Crippen LogP contribution < -0.4 is 4.72 Å². The van der Waals surface area contributed by atoms with Crippen LogP contribution in [0.5, 0.6) is 0 Å². The van der Waals surface area contributed by atoms with E-state index in [9.17, 15) is 13.2 Å². The zero-order valence-electron chi connectivity index (χ0n) is 10.9. The van der Waals surface area contributed by atoms with Crippen molar-refractivity contribution in [3.8, 4) is 0 Å². The summed E-state index contributed by atoms with van der Waals surface area (Å²) in [7, 11) is -3.79. The molecule has 0 fully saturated rings. The van der Waals surface area contributed by atoms with E-state index in [-0.39, 0.29) is 17.4 Å². The first-order valence-electron chi connectivity index (χ1n) is 6.04. The van der Waals surface area contributed by atoms with Gasteiger partial charge in [0.1, 0.15) is 0 Å². The highest BCUT2D eigenvalue weighted by atomic mass is 32.2. The minimum atomic E-state index is -3.79. The van der Waals surface area contributed by atoms with Crippen LogP contribution in [0, 0.1) is 0 Å². The lowest BCUT2D eigenvalue weighted by Crippen LogP contribution is -2.24. The Balaban J connectivity index is 2.15. The molecule has 0 aliphatic heterocycles. The van der Waals surface area contributed by atoms with E-state index < -0.39 is 10.0 Å². The first-order chi connectivity index (χ1) is 9.56. The van der Waals surface area contributed by atoms with Gasteiger partial charge in [0.15, 0.2) is 12.0 Å². The van der Waals surface area contributed by atoms with Crippen LogP contribution in [0.15, 0.2) is 40.0 Å². The van der Waals surface area contributed by atoms with E-state index in [1.807, 2.05) is 13.0 Å². The molecule has 0 saturated carbocycles. The average molecular weight is 294 g/mol. The molecule has 106 valence electrons. The number of pyridine rings is 1. The van der Waals surface area contributed by atoms with E-state index in [4.69, 9.17) is 4.42 Å². The number of aryl methyl sites for hydroxylation is 1. The summed E-state index contributed by atoms with van der Waals surface area (Å²) in [4.78, 5) is 14.6. The summed E-state index contributed by atoms with van der Waals surface area (Å²) in [6.45, 7) is 2.04. The van der Waals surface area contributed by atoms with Gasteiger partial charge in [-0.1, -0.05) is 13.0 Å². The summed E-state index contributed by atoms with van der Waals surface area (Å²) in [6, 6.07) is 6.25. The number of nitrogens with one attached hydrogen (secondary N) is 1. The molecular formula is C13H14N2O4S. The van der Waals surface area contributed by atoms with Crippen LogP contribution in [0.25, 0.3) is 0 Å². The number of hydrogen-bond donors (Lipinski definition) is 1. The Morgan fingerprint density at radius 3 is 2.80 bits per heavy atom. The van der Waals surface area contributed by atoms with Gasteiger partial charge in [0, 0.05) is 6.20 Å². The summed E-state index contributed by atoms with van der Waals surface area (Å²) in [5.41, 5.74) is 1.64. The smallest absolute Gasteiger partial charge is 0.274 e. The summed E-state index contributed by atoms with van der Waals surface area (Å²) in [5, 5.41) is -0.284. The van der Waals surface area contributed by atoms with Crippen molar-refractivity contribution >= 4 is 16.3 Å². The monoisotopic (exact) mass is 294 g/mol. The summed E-state index contributed by atoms with van der Waals surface area (Å²) < 4.78 is 31.3. The number of carbonyl (C=O) groups excluding carboxylic acids is 1. The van der Waals surface area contributed by atoms with Gasteiger partial charge in [-0.15, -0.1) is 0 Å². The third kappa shape index (κ3) is 3.12. The number of furan rings is 1. The van der Waals surface area contributed by atoms with E-state index in [0.717, 1.165) is 12.0 Å². The Kier molecular flexibility index (Phi) is 4.31. The molecule has 20 heavy (non-hydrogen) atoms. The summed E-state index contributed by atoms with van der Waals surface area (Å²) in [6.07, 6.45) is 2.83. The Labute approximate surface area is 116 Å². The molecule has 7 heteroatoms. The molecule has 0 unspecified atom stereocenters. The molecule has 1 N–H and O–H groups in total. The molecule has 0 radical (unpaired) electrons. The van der Waals surface area contributed by atoms with Crippen molar-refractivity contribution in [1.29, 1.82) is 0 Å². The predicted molar refractivity (Wildman–Crippen MR) is 71.7 cm³/mol. The maximum absolute atomic E-state index is 12.0. The van der Waals surface area contributed by atoms with Gasteiger partial charge in [-0.3, -0.25) is 9.78 Å². The van der Waals surface area contributed by atoms with E-state index in [0.29, 0.717) is 12.0 Å². The second-order valence-electron chi connectivity index (χ2n) is 4.06. The second-order valence-corrected chi connectivity index (χ2v) is 5.76. The van der Waals surface area contributed by atoms with Crippen molar-refractivity contribution in [2.45, 2.75) is 25.0 Å². The molecule has 2 aromatic heterocycles. The van der Waals surface area contributed by atoms with Crippen LogP contribution in [0.3, 0.4) is 0 Å². The fourth-order valence-electron chi connectivity index (χ4n) is 1.73. The highest BCUT2D eigenvalue weighted by Crippen LogP contribution is 2.13. The van der Waals surface area contributed by atoms with Crippen LogP contribution in [-0.4, -0.2) is 19.7 Å². The number of sulfonamides is 1. The average Bonchev–Trinajstić information content (AvgIpc) is 2.95. The fourth-order valence-corrected chi connectivity index (χ4v) is 2.65. The zero-order chi connectivity index (χ0) is 14.6. The highest BCUT2D eigenvalue weighted by Gasteiger charge is 2.19. The molecule has 2 aromatic rings. The van der Waals surface area contributed by atoms with Gasteiger partial charge in [0.25, 0.3) is 10.0 Å². The molecule has 2 heterocycles. The van der Waals surface area contributed by atoms with Crippen molar-refractivity contribution < 1.29 is 17.6 Å². The molecule has 0 saturated heterocycles. The third-order valence-electron chi connectivity index (χ3n) is 2.78. The highest BCUT2D eigenvalue weighted by molar-refractivity contribution is 7.89. The van der Waals surface area contributed by atoms with Gasteiger partial charge < -0.3 is 4.42 Å². The molecular weight excluding hydrogens is 280 g/mol. The van der Waals surface area contributed by atoms with Gasteiger partial charge in [0.2, 0.25) is 5.09 Å². The quantitative estimate of drug-likeness (QED) is 0.816. The van der Waals surface area contributed by atoms with Crippen molar-refractivity contribution in [2.75, 3.05) is 0 Å². The normalized spacial score (nSPS) is 11.4. The first kappa shape index (κ1) is 14.4. The lowest BCUT2D eigenvalue weighted by molar-refractivity contribution is 0.109. The van der Waals surface area contributed by atoms with Crippen LogP contribution in [-0.2, 0) is 23.0 Å². The Hall–Kier alpha value is -1.99. The molecule has 6 nitrogen and oxygen atoms in total. The Morgan fingerprint density at radius 2 is 2.15 bits per heavy atom. The Bertz CT molecular complexity index is 707. The lowest BCUT2D eigenvalue weighted by atomic mass is 10.1. The minimum absolute atomic E-state index is 0.0301. The first-order valence-corrected chi connectivity index (χ1v) is 7.52. The van der Waals surface area contributed by atoms with Gasteiger partial charge in [-0.25, -0.2) is 13.1 Å². The lowest BCUT2D eigenvalue weighted by Gasteiger charge is -2.07. The maximum Gasteiger partial charge on any atom is 0.274 e. The molecule has 0 atom stereocenters. The number of nitrogens with zero attached hydrogens (tertiary/aromatic N) is 1. The van der Waals surface area contributed by atoms with Crippen molar-refractivity contribution in [3.63, 3.8) is 0 Å². The van der Waals surface area contributed by atoms with Gasteiger partial charge in [-0.05, 0) is 30.2 Å². The van der Waals surface area contributed by atoms with E-state index in [2.05, 4.69) is 9.71 Å². The number of rotatable bonds is 6. The van der Waals surface area contributed by atoms with Crippen LogP contribution >= 0.6 is 0 Å². The zero-order valence-corrected chi connectivity index (χ0v) is 11.7.